The van der Waals surface area contributed by atoms with E-state index in [0.29, 0.717) is 0 Å². The van der Waals surface area contributed by atoms with Gasteiger partial charge in [-0.15, -0.1) is 7.05 Å². The van der Waals surface area contributed by atoms with Gasteiger partial charge in [0.2, 0.25) is 0 Å². The van der Waals surface area contributed by atoms with E-state index in [-0.39, 0.29) is 0 Å². The van der Waals surface area contributed by atoms with Crippen molar-refractivity contribution in [2.75, 3.05) is 19.6 Å². The molecule has 47 valence electrons. The van der Waals surface area contributed by atoms with Crippen molar-refractivity contribution in [2.45, 2.75) is 6.42 Å². The molecule has 1 aliphatic rings. The highest BCUT2D eigenvalue weighted by Gasteiger charge is 2.14. The summed E-state index contributed by atoms with van der Waals surface area (Å²) in [6.45, 7) is 3.42. The second-order valence-electron chi connectivity index (χ2n) is 2.31. The van der Waals surface area contributed by atoms with Gasteiger partial charge >= 0.3 is 0 Å². The van der Waals surface area contributed by atoms with Crippen LogP contribution in [0.15, 0.2) is 0 Å². The van der Waals surface area contributed by atoms with Crippen LogP contribution in [0.5, 0.6) is 0 Å². The molecule has 1 radical (unpaired) electrons. The number of hydrogen-bond donors (Lipinski definition) is 2. The maximum absolute atomic E-state index is 3.57. The second-order valence-corrected chi connectivity index (χ2v) is 2.31. The maximum Gasteiger partial charge on any atom is 0.0967 e. The molecule has 1 aliphatic heterocycles. The summed E-state index contributed by atoms with van der Waals surface area (Å²) >= 11 is 0. The lowest BCUT2D eigenvalue weighted by Crippen LogP contribution is -2.78. The van der Waals surface area contributed by atoms with Crippen LogP contribution in [0.25, 0.3) is 0 Å². The van der Waals surface area contributed by atoms with Crippen molar-refractivity contribution in [1.29, 1.82) is 0 Å². The summed E-state index contributed by atoms with van der Waals surface area (Å²) in [6.07, 6.45) is 1.31. The van der Waals surface area contributed by atoms with Crippen molar-refractivity contribution in [3.8, 4) is 0 Å². The fourth-order valence-corrected chi connectivity index (χ4v) is 1.09. The summed E-state index contributed by atoms with van der Waals surface area (Å²) in [5.41, 5.74) is 0. The largest absolute Gasteiger partial charge is 0.334 e. The highest BCUT2D eigenvalue weighted by atomic mass is 14.9. The lowest BCUT2D eigenvalue weighted by molar-refractivity contribution is -0.601. The van der Waals surface area contributed by atoms with Crippen molar-refractivity contribution < 1.29 is 5.32 Å². The minimum atomic E-state index is 0.826. The van der Waals surface area contributed by atoms with Crippen molar-refractivity contribution in [2.24, 2.45) is 5.92 Å². The molecule has 0 bridgehead atoms. The molecule has 0 aromatic carbocycles. The average molecular weight is 113 g/mol. The molecule has 2 heteroatoms. The van der Waals surface area contributed by atoms with Gasteiger partial charge in [-0.2, -0.15) is 0 Å². The summed E-state index contributed by atoms with van der Waals surface area (Å²) < 4.78 is 0. The van der Waals surface area contributed by atoms with E-state index in [0.717, 1.165) is 12.5 Å². The molecule has 0 aromatic heterocycles. The monoisotopic (exact) mass is 113 g/mol. The predicted molar refractivity (Wildman–Crippen MR) is 32.2 cm³/mol. The summed E-state index contributed by atoms with van der Waals surface area (Å²) in [4.78, 5) is 0. The van der Waals surface area contributed by atoms with Gasteiger partial charge in [-0.25, -0.2) is 0 Å². The Morgan fingerprint density at radius 2 is 2.62 bits per heavy atom. The van der Waals surface area contributed by atoms with E-state index in [1.807, 2.05) is 0 Å². The molecule has 0 aliphatic carbocycles. The molecule has 0 spiro atoms. The molecule has 0 aromatic rings. The summed E-state index contributed by atoms with van der Waals surface area (Å²) in [5, 5.41) is 6.21. The van der Waals surface area contributed by atoms with Crippen LogP contribution in [0.1, 0.15) is 6.42 Å². The van der Waals surface area contributed by atoms with Crippen LogP contribution in [-0.4, -0.2) is 19.6 Å². The van der Waals surface area contributed by atoms with Crippen LogP contribution in [0.2, 0.25) is 0 Å². The zero-order valence-corrected chi connectivity index (χ0v) is 5.11. The quantitative estimate of drug-likeness (QED) is 0.430. The third-order valence-electron chi connectivity index (χ3n) is 1.60. The van der Waals surface area contributed by atoms with Crippen molar-refractivity contribution in [1.82, 2.24) is 5.32 Å². The van der Waals surface area contributed by atoms with E-state index in [2.05, 4.69) is 17.7 Å². The molecule has 1 heterocycles. The molecular weight excluding hydrogens is 100 g/mol. The van der Waals surface area contributed by atoms with Gasteiger partial charge in [0, 0.05) is 12.5 Å². The zero-order chi connectivity index (χ0) is 5.82. The van der Waals surface area contributed by atoms with Gasteiger partial charge in [0.1, 0.15) is 0 Å². The molecule has 0 amide bonds. The number of nitrogens with one attached hydrogen (secondary N) is 2. The van der Waals surface area contributed by atoms with Crippen LogP contribution >= 0.6 is 0 Å². The Hall–Kier alpha value is -0.0800. The van der Waals surface area contributed by atoms with Crippen molar-refractivity contribution in [3.05, 3.63) is 7.05 Å². The normalized spacial score (nSPS) is 28.9. The van der Waals surface area contributed by atoms with Crippen LogP contribution in [0, 0.1) is 13.0 Å². The van der Waals surface area contributed by atoms with E-state index in [1.165, 1.54) is 19.5 Å². The van der Waals surface area contributed by atoms with Gasteiger partial charge in [0.15, 0.2) is 0 Å². The molecule has 2 nitrogen and oxygen atoms in total. The Morgan fingerprint density at radius 1 is 1.75 bits per heavy atom. The van der Waals surface area contributed by atoms with E-state index < -0.39 is 0 Å². The third kappa shape index (κ3) is 1.46. The Labute approximate surface area is 50.7 Å². The number of hydrogen-bond acceptors (Lipinski definition) is 2. The Balaban J connectivity index is 2.06. The third-order valence-corrected chi connectivity index (χ3v) is 1.60. The topological polar surface area (TPSA) is 27.6 Å². The van der Waals surface area contributed by atoms with Gasteiger partial charge in [0.25, 0.3) is 0 Å². The van der Waals surface area contributed by atoms with Crippen LogP contribution in [0.3, 0.4) is 0 Å². The smallest absolute Gasteiger partial charge is 0.0967 e. The second kappa shape index (κ2) is 3.05. The Morgan fingerprint density at radius 3 is 3.12 bits per heavy atom. The van der Waals surface area contributed by atoms with Gasteiger partial charge in [-0.1, -0.05) is 0 Å². The average Bonchev–Trinajstić information content (AvgIpc) is 2.19. The molecule has 2 N–H and O–H groups in total. The van der Waals surface area contributed by atoms with Crippen LogP contribution in [0.4, 0.5) is 0 Å². The summed E-state index contributed by atoms with van der Waals surface area (Å²) in [5.74, 6) is 0.826. The highest BCUT2D eigenvalue weighted by molar-refractivity contribution is 4.68. The molecular formula is C6H13N2. The molecule has 1 saturated heterocycles. The maximum atomic E-state index is 3.57. The standard InChI is InChI=1S/C6H13N2/c1-7-4-6-2-3-8-5-6/h6-8H,1-5H2/t6-/m1/s1. The Bertz CT molecular complexity index is 57.5. The summed E-state index contributed by atoms with van der Waals surface area (Å²) in [7, 11) is 3.57. The van der Waals surface area contributed by atoms with Gasteiger partial charge in [-0.05, 0) is 13.0 Å². The predicted octanol–water partition coefficient (Wildman–Crippen LogP) is -1.26. The minimum Gasteiger partial charge on any atom is -0.334 e. The van der Waals surface area contributed by atoms with Crippen molar-refractivity contribution in [3.63, 3.8) is 0 Å². The first-order chi connectivity index (χ1) is 3.93. The van der Waals surface area contributed by atoms with Gasteiger partial charge in [-0.3, -0.25) is 0 Å². The van der Waals surface area contributed by atoms with Crippen LogP contribution in [-0.2, 0) is 0 Å². The number of rotatable bonds is 2. The SMILES string of the molecule is [CH2-][NH+]C[C@H]1CCNC1. The molecule has 1 rings (SSSR count). The lowest BCUT2D eigenvalue weighted by Gasteiger charge is -2.01. The van der Waals surface area contributed by atoms with Crippen LogP contribution < -0.4 is 10.6 Å². The Kier molecular flexibility index (Phi) is 2.30. The lowest BCUT2D eigenvalue weighted by atomic mass is 10.1. The van der Waals surface area contributed by atoms with Gasteiger partial charge in [0.05, 0.1) is 6.54 Å². The summed E-state index contributed by atoms with van der Waals surface area (Å²) in [6, 6.07) is 0. The van der Waals surface area contributed by atoms with Crippen molar-refractivity contribution >= 4 is 0 Å². The molecule has 0 unspecified atom stereocenters. The van der Waals surface area contributed by atoms with Gasteiger partial charge < -0.3 is 10.6 Å². The molecule has 8 heavy (non-hydrogen) atoms. The zero-order valence-electron chi connectivity index (χ0n) is 5.11. The fourth-order valence-electron chi connectivity index (χ4n) is 1.09. The molecule has 0 saturated carbocycles. The first-order valence-corrected chi connectivity index (χ1v) is 3.14. The van der Waals surface area contributed by atoms with E-state index in [1.54, 1.807) is 0 Å². The first-order valence-electron chi connectivity index (χ1n) is 3.14. The van der Waals surface area contributed by atoms with E-state index >= 15 is 0 Å². The fraction of sp³-hybridized carbons (Fsp3) is 0.833. The minimum absolute atomic E-state index is 0.826. The molecule has 1 fully saturated rings. The van der Waals surface area contributed by atoms with E-state index in [4.69, 9.17) is 0 Å². The first kappa shape index (κ1) is 6.05. The van der Waals surface area contributed by atoms with E-state index in [9.17, 15) is 0 Å². The highest BCUT2D eigenvalue weighted by Crippen LogP contribution is 2.02. The molecule has 1 atom stereocenters.